The molecule has 4 nitrogen and oxygen atoms in total. The number of carbonyl (C=O) groups excluding carboxylic acids is 1. The average molecular weight is 364 g/mol. The van der Waals surface area contributed by atoms with E-state index in [0.29, 0.717) is 5.91 Å². The molecule has 142 valence electrons. The Morgan fingerprint density at radius 2 is 1.59 bits per heavy atom. The summed E-state index contributed by atoms with van der Waals surface area (Å²) in [7, 11) is 0. The van der Waals surface area contributed by atoms with Gasteiger partial charge < -0.3 is 9.64 Å². The lowest BCUT2D eigenvalue weighted by molar-refractivity contribution is -0.136. The fourth-order valence-electron chi connectivity index (χ4n) is 4.12. The van der Waals surface area contributed by atoms with E-state index in [4.69, 9.17) is 4.74 Å². The highest BCUT2D eigenvalue weighted by atomic mass is 16.5. The lowest BCUT2D eigenvalue weighted by Gasteiger charge is -2.33. The Morgan fingerprint density at radius 3 is 2.33 bits per heavy atom. The minimum Gasteiger partial charge on any atom is -0.457 e. The Morgan fingerprint density at radius 1 is 0.889 bits per heavy atom. The maximum Gasteiger partial charge on any atom is 0.225 e. The van der Waals surface area contributed by atoms with Gasteiger partial charge in [0.2, 0.25) is 5.91 Å². The lowest BCUT2D eigenvalue weighted by Crippen LogP contribution is -2.41. The summed E-state index contributed by atoms with van der Waals surface area (Å²) in [6.07, 6.45) is 4.31. The van der Waals surface area contributed by atoms with Gasteiger partial charge in [0.1, 0.15) is 11.5 Å². The second-order valence-corrected chi connectivity index (χ2v) is 7.65. The molecule has 0 unspecified atom stereocenters. The minimum absolute atomic E-state index is 0.229. The maximum absolute atomic E-state index is 12.6. The first-order valence-electron chi connectivity index (χ1n) is 10.1. The molecule has 2 aliphatic heterocycles. The number of carbonyl (C=O) groups is 1. The summed E-state index contributed by atoms with van der Waals surface area (Å²) in [6.45, 7) is 4.83. The van der Waals surface area contributed by atoms with E-state index in [2.05, 4.69) is 28.0 Å². The summed E-state index contributed by atoms with van der Waals surface area (Å²) in [4.78, 5) is 17.1. The van der Waals surface area contributed by atoms with Crippen LogP contribution in [-0.4, -0.2) is 41.9 Å². The number of amides is 1. The van der Waals surface area contributed by atoms with Gasteiger partial charge in [0, 0.05) is 25.6 Å². The van der Waals surface area contributed by atoms with Gasteiger partial charge in [-0.15, -0.1) is 0 Å². The van der Waals surface area contributed by atoms with Crippen LogP contribution in [0.4, 0.5) is 0 Å². The molecule has 0 atom stereocenters. The molecule has 0 spiro atoms. The molecule has 2 aromatic carbocycles. The molecule has 2 aromatic rings. The van der Waals surface area contributed by atoms with Crippen LogP contribution in [0.25, 0.3) is 0 Å². The first-order valence-corrected chi connectivity index (χ1v) is 10.1. The zero-order valence-corrected chi connectivity index (χ0v) is 15.8. The maximum atomic E-state index is 12.6. The van der Waals surface area contributed by atoms with Crippen LogP contribution in [0.3, 0.4) is 0 Å². The van der Waals surface area contributed by atoms with Crippen molar-refractivity contribution >= 4 is 5.91 Å². The monoisotopic (exact) mass is 364 g/mol. The molecule has 2 fully saturated rings. The number of nitrogens with zero attached hydrogens (tertiary/aromatic N) is 2. The van der Waals surface area contributed by atoms with Gasteiger partial charge in [0.25, 0.3) is 0 Å². The van der Waals surface area contributed by atoms with Crippen LogP contribution in [0, 0.1) is 5.92 Å². The van der Waals surface area contributed by atoms with E-state index in [1.807, 2.05) is 36.4 Å². The quantitative estimate of drug-likeness (QED) is 0.792. The smallest absolute Gasteiger partial charge is 0.225 e. The number of hydrogen-bond acceptors (Lipinski definition) is 3. The number of hydrogen-bond donors (Lipinski definition) is 0. The molecule has 4 heteroatoms. The standard InChI is InChI=1S/C23H28N2O2/c26-23(25-13-4-5-14-25)20-11-15-24(16-12-20)18-19-7-6-10-22(17-19)27-21-8-2-1-3-9-21/h1-3,6-10,17,20H,4-5,11-16,18H2. The first kappa shape index (κ1) is 18.1. The van der Waals surface area contributed by atoms with Gasteiger partial charge in [-0.05, 0) is 68.6 Å². The Hall–Kier alpha value is -2.33. The van der Waals surface area contributed by atoms with Gasteiger partial charge in [-0.25, -0.2) is 0 Å². The van der Waals surface area contributed by atoms with E-state index in [9.17, 15) is 4.79 Å². The normalized spacial score (nSPS) is 18.6. The Bertz CT molecular complexity index is 748. The fraction of sp³-hybridized carbons (Fsp3) is 0.435. The topological polar surface area (TPSA) is 32.8 Å². The molecule has 0 N–H and O–H groups in total. The van der Waals surface area contributed by atoms with Crippen molar-refractivity contribution in [2.45, 2.75) is 32.2 Å². The van der Waals surface area contributed by atoms with E-state index >= 15 is 0 Å². The van der Waals surface area contributed by atoms with Crippen LogP contribution in [-0.2, 0) is 11.3 Å². The van der Waals surface area contributed by atoms with Crippen LogP contribution >= 0.6 is 0 Å². The minimum atomic E-state index is 0.229. The largest absolute Gasteiger partial charge is 0.457 e. The molecule has 2 heterocycles. The number of piperidine rings is 1. The van der Waals surface area contributed by atoms with Crippen LogP contribution in [0.1, 0.15) is 31.2 Å². The van der Waals surface area contributed by atoms with Crippen molar-refractivity contribution in [1.29, 1.82) is 0 Å². The van der Waals surface area contributed by atoms with Gasteiger partial charge in [0.05, 0.1) is 0 Å². The predicted molar refractivity (Wildman–Crippen MR) is 107 cm³/mol. The molecule has 27 heavy (non-hydrogen) atoms. The average Bonchev–Trinajstić information content (AvgIpc) is 3.24. The van der Waals surface area contributed by atoms with Crippen LogP contribution in [0.5, 0.6) is 11.5 Å². The first-order chi connectivity index (χ1) is 13.3. The number of ether oxygens (including phenoxy) is 1. The Labute approximate surface area is 161 Å². The number of para-hydroxylation sites is 1. The molecule has 2 aliphatic rings. The molecule has 2 saturated heterocycles. The third-order valence-corrected chi connectivity index (χ3v) is 5.64. The molecule has 0 saturated carbocycles. The molecular weight excluding hydrogens is 336 g/mol. The summed E-state index contributed by atoms with van der Waals surface area (Å²) in [6, 6.07) is 18.2. The molecule has 0 aromatic heterocycles. The lowest BCUT2D eigenvalue weighted by atomic mass is 9.95. The van der Waals surface area contributed by atoms with Crippen LogP contribution in [0.15, 0.2) is 54.6 Å². The third-order valence-electron chi connectivity index (χ3n) is 5.64. The van der Waals surface area contributed by atoms with Crippen LogP contribution in [0.2, 0.25) is 0 Å². The molecule has 4 rings (SSSR count). The highest BCUT2D eigenvalue weighted by Gasteiger charge is 2.29. The Balaban J connectivity index is 1.30. The van der Waals surface area contributed by atoms with Crippen molar-refractivity contribution in [2.24, 2.45) is 5.92 Å². The zero-order valence-electron chi connectivity index (χ0n) is 15.8. The Kier molecular flexibility index (Phi) is 5.73. The summed E-state index contributed by atoms with van der Waals surface area (Å²) in [5.41, 5.74) is 1.26. The summed E-state index contributed by atoms with van der Waals surface area (Å²) >= 11 is 0. The zero-order chi connectivity index (χ0) is 18.5. The van der Waals surface area contributed by atoms with Crippen molar-refractivity contribution in [3.63, 3.8) is 0 Å². The van der Waals surface area contributed by atoms with Crippen molar-refractivity contribution in [2.75, 3.05) is 26.2 Å². The second-order valence-electron chi connectivity index (χ2n) is 7.65. The second kappa shape index (κ2) is 8.57. The van der Waals surface area contributed by atoms with Crippen molar-refractivity contribution < 1.29 is 9.53 Å². The highest BCUT2D eigenvalue weighted by molar-refractivity contribution is 5.79. The van der Waals surface area contributed by atoms with E-state index in [0.717, 1.165) is 57.1 Å². The van der Waals surface area contributed by atoms with E-state index in [1.165, 1.54) is 18.4 Å². The van der Waals surface area contributed by atoms with E-state index in [-0.39, 0.29) is 5.92 Å². The van der Waals surface area contributed by atoms with Gasteiger partial charge in [-0.2, -0.15) is 0 Å². The van der Waals surface area contributed by atoms with E-state index in [1.54, 1.807) is 0 Å². The fourth-order valence-corrected chi connectivity index (χ4v) is 4.12. The number of benzene rings is 2. The highest BCUT2D eigenvalue weighted by Crippen LogP contribution is 2.25. The molecule has 0 bridgehead atoms. The van der Waals surface area contributed by atoms with Crippen LogP contribution < -0.4 is 4.74 Å². The number of likely N-dealkylation sites (tertiary alicyclic amines) is 2. The predicted octanol–water partition coefficient (Wildman–Crippen LogP) is 4.31. The molecule has 0 aliphatic carbocycles. The molecule has 0 radical (unpaired) electrons. The van der Waals surface area contributed by atoms with Gasteiger partial charge >= 0.3 is 0 Å². The van der Waals surface area contributed by atoms with Crippen molar-refractivity contribution in [3.8, 4) is 11.5 Å². The summed E-state index contributed by atoms with van der Waals surface area (Å²) < 4.78 is 5.94. The summed E-state index contributed by atoms with van der Waals surface area (Å²) in [5, 5.41) is 0. The molecular formula is C23H28N2O2. The third kappa shape index (κ3) is 4.69. The van der Waals surface area contributed by atoms with Gasteiger partial charge in [-0.3, -0.25) is 9.69 Å². The summed E-state index contributed by atoms with van der Waals surface area (Å²) in [5.74, 6) is 2.35. The van der Waals surface area contributed by atoms with Crippen molar-refractivity contribution in [1.82, 2.24) is 9.80 Å². The SMILES string of the molecule is O=C(C1CCN(Cc2cccc(Oc3ccccc3)c2)CC1)N1CCCC1. The molecule has 1 amide bonds. The van der Waals surface area contributed by atoms with Crippen molar-refractivity contribution in [3.05, 3.63) is 60.2 Å². The van der Waals surface area contributed by atoms with E-state index < -0.39 is 0 Å². The van der Waals surface area contributed by atoms with Gasteiger partial charge in [-0.1, -0.05) is 30.3 Å². The van der Waals surface area contributed by atoms with Gasteiger partial charge in [0.15, 0.2) is 0 Å². The number of rotatable bonds is 5.